The van der Waals surface area contributed by atoms with E-state index < -0.39 is 5.97 Å². The monoisotopic (exact) mass is 282 g/mol. The fourth-order valence-electron chi connectivity index (χ4n) is 1.57. The summed E-state index contributed by atoms with van der Waals surface area (Å²) in [5.41, 5.74) is 0.380. The summed E-state index contributed by atoms with van der Waals surface area (Å²) in [5, 5.41) is 0. The third-order valence-electron chi connectivity index (χ3n) is 2.60. The highest BCUT2D eigenvalue weighted by Crippen LogP contribution is 2.21. The number of esters is 1. The maximum atomic E-state index is 11.1. The van der Waals surface area contributed by atoms with E-state index >= 15 is 0 Å². The van der Waals surface area contributed by atoms with Crippen LogP contribution in [0.5, 0.6) is 0 Å². The highest BCUT2D eigenvalue weighted by Gasteiger charge is 2.22. The van der Waals surface area contributed by atoms with Gasteiger partial charge in [0.1, 0.15) is 13.2 Å². The molecule has 0 aromatic heterocycles. The van der Waals surface area contributed by atoms with Crippen molar-refractivity contribution in [2.75, 3.05) is 26.4 Å². The van der Waals surface area contributed by atoms with Crippen LogP contribution in [0.15, 0.2) is 35.8 Å². The van der Waals surface area contributed by atoms with Gasteiger partial charge in [0.15, 0.2) is 17.6 Å². The molecule has 5 nitrogen and oxygen atoms in total. The molecule has 5 heteroatoms. The van der Waals surface area contributed by atoms with E-state index in [0.29, 0.717) is 25.4 Å². The van der Waals surface area contributed by atoms with Crippen molar-refractivity contribution < 1.29 is 23.7 Å². The van der Waals surface area contributed by atoms with Crippen molar-refractivity contribution in [2.45, 2.75) is 26.9 Å². The molecule has 1 aliphatic rings. The summed E-state index contributed by atoms with van der Waals surface area (Å²) in [6.07, 6.45) is 3.57. The van der Waals surface area contributed by atoms with E-state index in [1.54, 1.807) is 6.92 Å². The van der Waals surface area contributed by atoms with Gasteiger partial charge < -0.3 is 18.9 Å². The van der Waals surface area contributed by atoms with Crippen LogP contribution in [0, 0.1) is 0 Å². The third-order valence-corrected chi connectivity index (χ3v) is 2.60. The Labute approximate surface area is 119 Å². The number of ether oxygens (including phenoxy) is 4. The van der Waals surface area contributed by atoms with Crippen LogP contribution < -0.4 is 0 Å². The van der Waals surface area contributed by atoms with Crippen LogP contribution in [-0.2, 0) is 23.7 Å². The number of rotatable bonds is 6. The lowest BCUT2D eigenvalue weighted by Crippen LogP contribution is -2.31. The molecule has 1 rings (SSSR count). The van der Waals surface area contributed by atoms with E-state index in [9.17, 15) is 4.79 Å². The molecule has 1 aliphatic heterocycles. The van der Waals surface area contributed by atoms with Crippen LogP contribution in [0.1, 0.15) is 20.8 Å². The molecule has 1 fully saturated rings. The minimum atomic E-state index is -0.403. The lowest BCUT2D eigenvalue weighted by atomic mass is 10.3. The zero-order chi connectivity index (χ0) is 15.0. The summed E-state index contributed by atoms with van der Waals surface area (Å²) in [6, 6.07) is 0. The highest BCUT2D eigenvalue weighted by molar-refractivity contribution is 5.86. The predicted octanol–water partition coefficient (Wildman–Crippen LogP) is 2.35. The highest BCUT2D eigenvalue weighted by atomic mass is 16.6. The quantitative estimate of drug-likeness (QED) is 0.425. The number of hydrogen-bond donors (Lipinski definition) is 0. The largest absolute Gasteiger partial charge is 0.486 e. The molecule has 0 aliphatic carbocycles. The second-order valence-corrected chi connectivity index (χ2v) is 4.35. The van der Waals surface area contributed by atoms with Crippen molar-refractivity contribution in [3.8, 4) is 0 Å². The first kappa shape index (κ1) is 16.3. The summed E-state index contributed by atoms with van der Waals surface area (Å²) in [6.45, 7) is 10.3. The number of carbonyl (C=O) groups excluding carboxylic acids is 1. The van der Waals surface area contributed by atoms with Gasteiger partial charge in [-0.3, -0.25) is 0 Å². The lowest BCUT2D eigenvalue weighted by Gasteiger charge is -2.28. The van der Waals surface area contributed by atoms with Gasteiger partial charge in [-0.2, -0.15) is 0 Å². The minimum absolute atomic E-state index is 0.151. The summed E-state index contributed by atoms with van der Waals surface area (Å²) in [4.78, 5) is 11.1. The van der Waals surface area contributed by atoms with Crippen LogP contribution in [-0.4, -0.2) is 38.5 Å². The molecule has 0 radical (unpaired) electrons. The summed E-state index contributed by atoms with van der Waals surface area (Å²) >= 11 is 0. The lowest BCUT2D eigenvalue weighted by molar-refractivity contribution is -0.141. The van der Waals surface area contributed by atoms with Crippen molar-refractivity contribution in [3.05, 3.63) is 35.8 Å². The van der Waals surface area contributed by atoms with E-state index in [2.05, 4.69) is 6.58 Å². The van der Waals surface area contributed by atoms with Gasteiger partial charge in [-0.25, -0.2) is 4.79 Å². The van der Waals surface area contributed by atoms with Gasteiger partial charge in [0, 0.05) is 5.57 Å². The smallest absolute Gasteiger partial charge is 0.333 e. The van der Waals surface area contributed by atoms with Crippen LogP contribution in [0.4, 0.5) is 0 Å². The SMILES string of the molecule is C=C(C)C(=O)OCCOCC1COC(=C/C)/C(=C\C)O1. The fourth-order valence-corrected chi connectivity index (χ4v) is 1.57. The Morgan fingerprint density at radius 1 is 1.35 bits per heavy atom. The third kappa shape index (κ3) is 5.09. The summed E-state index contributed by atoms with van der Waals surface area (Å²) < 4.78 is 21.6. The molecule has 112 valence electrons. The molecule has 0 bridgehead atoms. The molecule has 20 heavy (non-hydrogen) atoms. The molecule has 0 spiro atoms. The molecule has 0 aromatic rings. The van der Waals surface area contributed by atoms with E-state index in [1.165, 1.54) is 0 Å². The van der Waals surface area contributed by atoms with Crippen molar-refractivity contribution in [3.63, 3.8) is 0 Å². The van der Waals surface area contributed by atoms with Crippen molar-refractivity contribution in [1.29, 1.82) is 0 Å². The Morgan fingerprint density at radius 2 is 2.05 bits per heavy atom. The van der Waals surface area contributed by atoms with Crippen molar-refractivity contribution in [1.82, 2.24) is 0 Å². The molecular formula is C15H22O5. The van der Waals surface area contributed by atoms with Crippen LogP contribution in [0.3, 0.4) is 0 Å². The van der Waals surface area contributed by atoms with Gasteiger partial charge in [0.2, 0.25) is 0 Å². The Balaban J connectivity index is 2.20. The Morgan fingerprint density at radius 3 is 2.65 bits per heavy atom. The van der Waals surface area contributed by atoms with Gasteiger partial charge in [-0.05, 0) is 32.9 Å². The first-order valence-corrected chi connectivity index (χ1v) is 6.61. The number of hydrogen-bond acceptors (Lipinski definition) is 5. The zero-order valence-electron chi connectivity index (χ0n) is 12.3. The molecule has 1 unspecified atom stereocenters. The van der Waals surface area contributed by atoms with E-state index in [4.69, 9.17) is 18.9 Å². The second kappa shape index (κ2) is 8.43. The van der Waals surface area contributed by atoms with Crippen LogP contribution in [0.2, 0.25) is 0 Å². The summed E-state index contributed by atoms with van der Waals surface area (Å²) in [5.74, 6) is 1.07. The maximum absolute atomic E-state index is 11.1. The van der Waals surface area contributed by atoms with Gasteiger partial charge in [0.25, 0.3) is 0 Å². The normalized spacial score (nSPS) is 22.2. The van der Waals surface area contributed by atoms with Crippen LogP contribution >= 0.6 is 0 Å². The number of allylic oxidation sites excluding steroid dienone is 2. The molecule has 0 amide bonds. The standard InChI is InChI=1S/C15H22O5/c1-5-13-14(6-2)20-12(10-19-13)9-17-7-8-18-15(16)11(3)4/h5-6,12H,3,7-10H2,1-2,4H3/b13-5+,14-6+. The molecule has 1 saturated heterocycles. The Hall–Kier alpha value is -1.75. The van der Waals surface area contributed by atoms with Gasteiger partial charge in [-0.15, -0.1) is 0 Å². The number of carbonyl (C=O) groups is 1. The van der Waals surface area contributed by atoms with Crippen LogP contribution in [0.25, 0.3) is 0 Å². The van der Waals surface area contributed by atoms with Crippen molar-refractivity contribution >= 4 is 5.97 Å². The average molecular weight is 282 g/mol. The van der Waals surface area contributed by atoms with E-state index in [0.717, 1.165) is 11.5 Å². The first-order valence-electron chi connectivity index (χ1n) is 6.61. The van der Waals surface area contributed by atoms with E-state index in [1.807, 2.05) is 26.0 Å². The molecular weight excluding hydrogens is 260 g/mol. The molecule has 0 N–H and O–H groups in total. The Kier molecular flexibility index (Phi) is 6.87. The van der Waals surface area contributed by atoms with Gasteiger partial charge in [-0.1, -0.05) is 6.58 Å². The molecule has 1 heterocycles. The zero-order valence-corrected chi connectivity index (χ0v) is 12.3. The van der Waals surface area contributed by atoms with Gasteiger partial charge >= 0.3 is 5.97 Å². The summed E-state index contributed by atoms with van der Waals surface area (Å²) in [7, 11) is 0. The molecule has 0 aromatic carbocycles. The minimum Gasteiger partial charge on any atom is -0.486 e. The first-order chi connectivity index (χ1) is 9.58. The fraction of sp³-hybridized carbons (Fsp3) is 0.533. The Bertz CT molecular complexity index is 408. The second-order valence-electron chi connectivity index (χ2n) is 4.35. The van der Waals surface area contributed by atoms with E-state index in [-0.39, 0.29) is 12.7 Å². The molecule has 1 atom stereocenters. The van der Waals surface area contributed by atoms with Crippen molar-refractivity contribution in [2.24, 2.45) is 0 Å². The topological polar surface area (TPSA) is 54.0 Å². The maximum Gasteiger partial charge on any atom is 0.333 e. The average Bonchev–Trinajstić information content (AvgIpc) is 2.46. The molecule has 0 saturated carbocycles. The predicted molar refractivity (Wildman–Crippen MR) is 74.9 cm³/mol. The van der Waals surface area contributed by atoms with Gasteiger partial charge in [0.05, 0.1) is 13.2 Å².